The predicted octanol–water partition coefficient (Wildman–Crippen LogP) is 3.27. The van der Waals surface area contributed by atoms with E-state index < -0.39 is 23.5 Å². The Bertz CT molecular complexity index is 1160. The maximum Gasteiger partial charge on any atom is 0.295 e. The summed E-state index contributed by atoms with van der Waals surface area (Å²) in [5.41, 5.74) is 1.60. The van der Waals surface area contributed by atoms with Crippen LogP contribution in [0.5, 0.6) is 5.75 Å². The number of rotatable bonds is 5. The Morgan fingerprint density at radius 3 is 2.58 bits per heavy atom. The predicted molar refractivity (Wildman–Crippen MR) is 110 cm³/mol. The van der Waals surface area contributed by atoms with Crippen LogP contribution in [0.3, 0.4) is 0 Å². The van der Waals surface area contributed by atoms with Crippen molar-refractivity contribution in [2.24, 2.45) is 0 Å². The molecule has 156 valence electrons. The number of Topliss-reactive ketones (excluding diaryl/α,β-unsaturated/α-hetero) is 1. The first-order chi connectivity index (χ1) is 15.0. The zero-order chi connectivity index (χ0) is 22.0. The van der Waals surface area contributed by atoms with Crippen molar-refractivity contribution in [3.05, 3.63) is 101 Å². The van der Waals surface area contributed by atoms with Gasteiger partial charge in [0.25, 0.3) is 11.7 Å². The number of likely N-dealkylation sites (tertiary alicyclic amines) is 1. The average molecular weight is 419 g/mol. The Kier molecular flexibility index (Phi) is 5.49. The molecule has 0 radical (unpaired) electrons. The molecule has 2 aromatic carbocycles. The Hall–Kier alpha value is -4.00. The number of nitrogens with one attached hydrogen (secondary N) is 1. The van der Waals surface area contributed by atoms with Gasteiger partial charge < -0.3 is 14.7 Å². The van der Waals surface area contributed by atoms with Gasteiger partial charge in [0.05, 0.1) is 25.3 Å². The lowest BCUT2D eigenvalue weighted by Gasteiger charge is -2.25. The van der Waals surface area contributed by atoms with Gasteiger partial charge in [0.15, 0.2) is 12.4 Å². The van der Waals surface area contributed by atoms with Crippen molar-refractivity contribution in [1.82, 2.24) is 4.90 Å². The minimum Gasteiger partial charge on any atom is -0.507 e. The Morgan fingerprint density at radius 1 is 1.13 bits per heavy atom. The van der Waals surface area contributed by atoms with Crippen LogP contribution in [0, 0.1) is 5.82 Å². The first kappa shape index (κ1) is 20.3. The van der Waals surface area contributed by atoms with Gasteiger partial charge in [-0.05, 0) is 48.0 Å². The fraction of sp³-hybridized carbons (Fsp3) is 0.125. The number of hydrogen-bond acceptors (Lipinski definition) is 4. The normalized spacial score (nSPS) is 17.7. The molecule has 1 aliphatic rings. The number of pyridine rings is 1. The second-order valence-electron chi connectivity index (χ2n) is 7.12. The molecule has 1 aliphatic heterocycles. The van der Waals surface area contributed by atoms with Crippen molar-refractivity contribution in [1.29, 1.82) is 0 Å². The van der Waals surface area contributed by atoms with Crippen molar-refractivity contribution in [2.75, 3.05) is 7.11 Å². The number of methoxy groups -OCH3 is 1. The summed E-state index contributed by atoms with van der Waals surface area (Å²) in [5.74, 6) is -1.79. The molecule has 1 unspecified atom stereocenters. The molecule has 0 saturated carbocycles. The topological polar surface area (TPSA) is 81.0 Å². The third-order valence-corrected chi connectivity index (χ3v) is 5.19. The summed E-state index contributed by atoms with van der Waals surface area (Å²) in [6, 6.07) is 14.9. The molecule has 0 aliphatic carbocycles. The molecule has 1 fully saturated rings. The van der Waals surface area contributed by atoms with Gasteiger partial charge in [-0.25, -0.2) is 9.37 Å². The van der Waals surface area contributed by atoms with Crippen LogP contribution >= 0.6 is 0 Å². The highest BCUT2D eigenvalue weighted by molar-refractivity contribution is 6.46. The lowest BCUT2D eigenvalue weighted by atomic mass is 9.95. The quantitative estimate of drug-likeness (QED) is 0.391. The number of nitrogens with zero attached hydrogens (tertiary/aromatic N) is 1. The summed E-state index contributed by atoms with van der Waals surface area (Å²) in [6.45, 7) is 0.157. The second kappa shape index (κ2) is 8.39. The van der Waals surface area contributed by atoms with Crippen molar-refractivity contribution in [3.63, 3.8) is 0 Å². The van der Waals surface area contributed by atoms with E-state index in [1.54, 1.807) is 42.7 Å². The van der Waals surface area contributed by atoms with Crippen LogP contribution in [0.15, 0.2) is 78.6 Å². The van der Waals surface area contributed by atoms with Crippen LogP contribution in [0.25, 0.3) is 5.76 Å². The van der Waals surface area contributed by atoms with Gasteiger partial charge in [-0.3, -0.25) is 9.59 Å². The lowest BCUT2D eigenvalue weighted by Crippen LogP contribution is -2.29. The van der Waals surface area contributed by atoms with Crippen LogP contribution in [-0.2, 0) is 16.1 Å². The van der Waals surface area contributed by atoms with E-state index in [1.807, 2.05) is 6.07 Å². The van der Waals surface area contributed by atoms with Crippen molar-refractivity contribution >= 4 is 17.4 Å². The summed E-state index contributed by atoms with van der Waals surface area (Å²) >= 11 is 0. The summed E-state index contributed by atoms with van der Waals surface area (Å²) in [7, 11) is 1.52. The summed E-state index contributed by atoms with van der Waals surface area (Å²) < 4.78 is 18.7. The highest BCUT2D eigenvalue weighted by Crippen LogP contribution is 2.41. The number of amides is 1. The number of carbonyl (C=O) groups is 2. The first-order valence-corrected chi connectivity index (χ1v) is 9.63. The van der Waals surface area contributed by atoms with Crippen molar-refractivity contribution in [2.45, 2.75) is 12.6 Å². The fourth-order valence-electron chi connectivity index (χ4n) is 3.69. The van der Waals surface area contributed by atoms with E-state index in [-0.39, 0.29) is 23.4 Å². The Morgan fingerprint density at radius 2 is 1.90 bits per heavy atom. The average Bonchev–Trinajstić information content (AvgIpc) is 3.05. The summed E-state index contributed by atoms with van der Waals surface area (Å²) in [6.07, 6.45) is 3.48. The molecule has 1 saturated heterocycles. The van der Waals surface area contributed by atoms with Crippen LogP contribution in [-0.4, -0.2) is 28.8 Å². The molecule has 6 nitrogen and oxygen atoms in total. The van der Waals surface area contributed by atoms with Crippen LogP contribution in [0.1, 0.15) is 22.7 Å². The number of H-pyrrole nitrogens is 1. The van der Waals surface area contributed by atoms with E-state index in [9.17, 15) is 19.1 Å². The van der Waals surface area contributed by atoms with Gasteiger partial charge in [-0.15, -0.1) is 0 Å². The van der Waals surface area contributed by atoms with Crippen molar-refractivity contribution in [3.8, 4) is 5.75 Å². The molecule has 3 aromatic rings. The number of ether oxygens (including phenoxy) is 1. The Balaban J connectivity index is 1.87. The van der Waals surface area contributed by atoms with E-state index in [1.165, 1.54) is 36.3 Å². The number of halogens is 1. The van der Waals surface area contributed by atoms with E-state index >= 15 is 0 Å². The molecule has 1 atom stereocenters. The standard InChI is InChI=1S/C24H19FN2O4/c1-31-19-6-2-5-17(12-19)21-20(22(28)16-7-9-18(25)10-8-16)23(29)24(30)27(21)14-15-4-3-11-26-13-15/h2-13,21,28H,14H2,1H3/p+1. The van der Waals surface area contributed by atoms with E-state index in [0.717, 1.165) is 5.56 Å². The smallest absolute Gasteiger partial charge is 0.295 e. The molecule has 31 heavy (non-hydrogen) atoms. The molecule has 7 heteroatoms. The molecule has 2 N–H and O–H groups in total. The molecular weight excluding hydrogens is 399 g/mol. The maximum absolute atomic E-state index is 13.4. The number of ketones is 1. The molecule has 0 spiro atoms. The third kappa shape index (κ3) is 3.90. The molecule has 2 heterocycles. The van der Waals surface area contributed by atoms with Gasteiger partial charge in [-0.1, -0.05) is 12.1 Å². The maximum atomic E-state index is 13.4. The molecule has 1 aromatic heterocycles. The number of benzene rings is 2. The highest BCUT2D eigenvalue weighted by atomic mass is 19.1. The van der Waals surface area contributed by atoms with Gasteiger partial charge in [0.2, 0.25) is 0 Å². The second-order valence-corrected chi connectivity index (χ2v) is 7.12. The number of aromatic nitrogens is 1. The van der Waals surface area contributed by atoms with Gasteiger partial charge >= 0.3 is 0 Å². The van der Waals surface area contributed by atoms with Gasteiger partial charge in [-0.2, -0.15) is 0 Å². The number of hydrogen-bond donors (Lipinski definition) is 1. The highest BCUT2D eigenvalue weighted by Gasteiger charge is 2.46. The molecule has 1 amide bonds. The zero-order valence-electron chi connectivity index (χ0n) is 16.7. The third-order valence-electron chi connectivity index (χ3n) is 5.19. The summed E-state index contributed by atoms with van der Waals surface area (Å²) in [4.78, 5) is 30.4. The van der Waals surface area contributed by atoms with Crippen molar-refractivity contribution < 1.29 is 28.8 Å². The monoisotopic (exact) mass is 419 g/mol. The van der Waals surface area contributed by atoms with Gasteiger partial charge in [0.1, 0.15) is 17.3 Å². The Labute approximate surface area is 178 Å². The number of aliphatic hydroxyl groups excluding tert-OH is 1. The molecule has 0 bridgehead atoms. The minimum atomic E-state index is -0.833. The fourth-order valence-corrected chi connectivity index (χ4v) is 3.69. The number of aromatic amines is 1. The SMILES string of the molecule is COc1cccc(C2C(=C(O)c3ccc(F)cc3)C(=O)C(=O)N2Cc2ccc[nH+]c2)c1. The zero-order valence-corrected chi connectivity index (χ0v) is 16.7. The van der Waals surface area contributed by atoms with Crippen LogP contribution < -0.4 is 9.72 Å². The first-order valence-electron chi connectivity index (χ1n) is 9.63. The van der Waals surface area contributed by atoms with E-state index in [2.05, 4.69) is 4.98 Å². The largest absolute Gasteiger partial charge is 0.507 e. The van der Waals surface area contributed by atoms with Gasteiger partial charge in [0, 0.05) is 17.2 Å². The molecular formula is C24H20FN2O4+. The van der Waals surface area contributed by atoms with Crippen LogP contribution in [0.4, 0.5) is 4.39 Å². The van der Waals surface area contributed by atoms with E-state index in [0.29, 0.717) is 11.3 Å². The van der Waals surface area contributed by atoms with E-state index in [4.69, 9.17) is 4.74 Å². The number of carbonyl (C=O) groups excluding carboxylic acids is 2. The minimum absolute atomic E-state index is 0.0511. The molecule has 4 rings (SSSR count). The lowest BCUT2D eigenvalue weighted by molar-refractivity contribution is -0.378. The number of aliphatic hydroxyl groups is 1. The summed E-state index contributed by atoms with van der Waals surface area (Å²) in [5, 5.41) is 11.0. The van der Waals surface area contributed by atoms with Crippen LogP contribution in [0.2, 0.25) is 0 Å².